The number of rotatable bonds is 4. The highest BCUT2D eigenvalue weighted by Crippen LogP contribution is 2.24. The van der Waals surface area contributed by atoms with E-state index in [4.69, 9.17) is 4.74 Å². The predicted octanol–water partition coefficient (Wildman–Crippen LogP) is 4.58. The molecule has 0 unspecified atom stereocenters. The largest absolute Gasteiger partial charge is 0.465 e. The van der Waals surface area contributed by atoms with Crippen molar-refractivity contribution in [2.75, 3.05) is 7.11 Å². The quantitative estimate of drug-likeness (QED) is 0.606. The molecule has 3 nitrogen and oxygen atoms in total. The van der Waals surface area contributed by atoms with Crippen LogP contribution >= 0.6 is 0 Å². The van der Waals surface area contributed by atoms with E-state index in [0.29, 0.717) is 18.3 Å². The molecule has 0 atom stereocenters. The number of hydrogen-bond acceptors (Lipinski definition) is 3. The van der Waals surface area contributed by atoms with E-state index in [9.17, 15) is 4.79 Å². The molecule has 0 aliphatic heterocycles. The Morgan fingerprint density at radius 3 is 1.96 bits per heavy atom. The lowest BCUT2D eigenvalue weighted by Crippen LogP contribution is -2.00. The summed E-state index contributed by atoms with van der Waals surface area (Å²) in [5, 5.41) is 0. The van der Waals surface area contributed by atoms with Crippen molar-refractivity contribution in [1.82, 2.24) is 0 Å². The molecule has 0 spiro atoms. The monoisotopic (exact) mass is 336 g/mol. The van der Waals surface area contributed by atoms with Crippen LogP contribution in [0.5, 0.6) is 0 Å². The van der Waals surface area contributed by atoms with Gasteiger partial charge in [0, 0.05) is 11.1 Å². The first-order chi connectivity index (χ1) is 12.2. The summed E-state index contributed by atoms with van der Waals surface area (Å²) in [6.45, 7) is 4.67. The number of benzene rings is 2. The van der Waals surface area contributed by atoms with Gasteiger partial charge in [-0.3, -0.25) is 0 Å². The zero-order chi connectivity index (χ0) is 18.1. The zero-order valence-electron chi connectivity index (χ0n) is 15.0. The van der Waals surface area contributed by atoms with E-state index in [-0.39, 0.29) is 5.97 Å². The number of ether oxygens (including phenoxy) is 2. The molecule has 1 aliphatic carbocycles. The number of carbonyl (C=O) groups is 1. The lowest BCUT2D eigenvalue weighted by Gasteiger charge is -2.02. The van der Waals surface area contributed by atoms with Crippen LogP contribution in [0.15, 0.2) is 48.5 Å². The van der Waals surface area contributed by atoms with Crippen molar-refractivity contribution < 1.29 is 14.3 Å². The van der Waals surface area contributed by atoms with Crippen molar-refractivity contribution in [3.63, 3.8) is 0 Å². The zero-order valence-corrected chi connectivity index (χ0v) is 15.0. The van der Waals surface area contributed by atoms with Crippen LogP contribution in [-0.4, -0.2) is 19.2 Å². The molecule has 25 heavy (non-hydrogen) atoms. The molecule has 0 amide bonds. The Balaban J connectivity index is 0.00000109. The lowest BCUT2D eigenvalue weighted by atomic mass is 10.1. The molecule has 2 aromatic carbocycles. The third kappa shape index (κ3) is 6.10. The third-order valence-electron chi connectivity index (χ3n) is 3.62. The van der Waals surface area contributed by atoms with Gasteiger partial charge in [0.15, 0.2) is 0 Å². The maximum Gasteiger partial charge on any atom is 0.337 e. The van der Waals surface area contributed by atoms with Gasteiger partial charge in [-0.1, -0.05) is 37.8 Å². The number of esters is 1. The van der Waals surface area contributed by atoms with Gasteiger partial charge in [-0.2, -0.15) is 0 Å². The Bertz CT molecular complexity index is 730. The summed E-state index contributed by atoms with van der Waals surface area (Å²) < 4.78 is 10.3. The van der Waals surface area contributed by atoms with Crippen molar-refractivity contribution in [1.29, 1.82) is 0 Å². The molecule has 0 bridgehead atoms. The molecule has 3 heteroatoms. The molecule has 0 saturated heterocycles. The lowest BCUT2D eigenvalue weighted by molar-refractivity contribution is 0.0600. The second kappa shape index (κ2) is 9.66. The van der Waals surface area contributed by atoms with Gasteiger partial charge in [0.25, 0.3) is 0 Å². The number of methoxy groups -OCH3 is 1. The minimum Gasteiger partial charge on any atom is -0.465 e. The smallest absolute Gasteiger partial charge is 0.337 e. The van der Waals surface area contributed by atoms with E-state index in [0.717, 1.165) is 11.1 Å². The maximum atomic E-state index is 11.4. The van der Waals surface area contributed by atoms with Crippen molar-refractivity contribution in [3.05, 3.63) is 70.8 Å². The summed E-state index contributed by atoms with van der Waals surface area (Å²) in [7, 11) is 1.37. The molecular weight excluding hydrogens is 312 g/mol. The summed E-state index contributed by atoms with van der Waals surface area (Å²) in [6.07, 6.45) is 2.86. The summed E-state index contributed by atoms with van der Waals surface area (Å²) in [5.41, 5.74) is 3.51. The molecule has 1 fully saturated rings. The van der Waals surface area contributed by atoms with Gasteiger partial charge in [0.2, 0.25) is 0 Å². The van der Waals surface area contributed by atoms with Crippen molar-refractivity contribution in [2.45, 2.75) is 39.4 Å². The van der Waals surface area contributed by atoms with E-state index in [1.807, 2.05) is 50.2 Å². The molecule has 2 aromatic rings. The normalized spacial score (nSPS) is 12.3. The second-order valence-electron chi connectivity index (χ2n) is 5.53. The van der Waals surface area contributed by atoms with Crippen LogP contribution in [0, 0.1) is 11.8 Å². The third-order valence-corrected chi connectivity index (χ3v) is 3.62. The fraction of sp³-hybridized carbons (Fsp3) is 0.318. The second-order valence-corrected chi connectivity index (χ2v) is 5.53. The van der Waals surface area contributed by atoms with Crippen molar-refractivity contribution in [3.8, 4) is 11.8 Å². The molecule has 0 heterocycles. The molecule has 130 valence electrons. The van der Waals surface area contributed by atoms with Crippen LogP contribution in [0.1, 0.15) is 53.7 Å². The Morgan fingerprint density at radius 2 is 1.48 bits per heavy atom. The van der Waals surface area contributed by atoms with E-state index < -0.39 is 0 Å². The van der Waals surface area contributed by atoms with Crippen LogP contribution < -0.4 is 0 Å². The predicted molar refractivity (Wildman–Crippen MR) is 99.4 cm³/mol. The molecule has 0 radical (unpaired) electrons. The number of carbonyl (C=O) groups excluding carboxylic acids is 1. The fourth-order valence-electron chi connectivity index (χ4n) is 2.08. The van der Waals surface area contributed by atoms with Crippen molar-refractivity contribution >= 4 is 5.97 Å². The Hall–Kier alpha value is -2.57. The molecule has 1 saturated carbocycles. The Labute approximate surface area is 150 Å². The first kappa shape index (κ1) is 18.8. The average molecular weight is 336 g/mol. The van der Waals surface area contributed by atoms with Gasteiger partial charge >= 0.3 is 5.97 Å². The van der Waals surface area contributed by atoms with E-state index in [1.54, 1.807) is 12.1 Å². The van der Waals surface area contributed by atoms with Gasteiger partial charge < -0.3 is 9.47 Å². The fourth-order valence-corrected chi connectivity index (χ4v) is 2.08. The molecular formula is C22H24O3. The molecule has 3 rings (SSSR count). The highest BCUT2D eigenvalue weighted by atomic mass is 16.5. The van der Waals surface area contributed by atoms with E-state index in [2.05, 4.69) is 16.6 Å². The summed E-state index contributed by atoms with van der Waals surface area (Å²) >= 11 is 0. The summed E-state index contributed by atoms with van der Waals surface area (Å²) in [5.74, 6) is 5.87. The first-order valence-corrected chi connectivity index (χ1v) is 8.65. The average Bonchev–Trinajstić information content (AvgIpc) is 3.51. The van der Waals surface area contributed by atoms with Crippen LogP contribution in [0.3, 0.4) is 0 Å². The standard InChI is InChI=1S/C20H18O3.C2H6/c1-22-20(21)18-10-8-16(9-11-18)3-2-15-4-6-17(7-5-15)14-23-19-12-13-19;1-2/h4-11,19H,12-14H2,1H3;1-2H3. The minimum absolute atomic E-state index is 0.339. The van der Waals surface area contributed by atoms with E-state index >= 15 is 0 Å². The van der Waals surface area contributed by atoms with E-state index in [1.165, 1.54) is 25.5 Å². The van der Waals surface area contributed by atoms with Crippen LogP contribution in [-0.2, 0) is 16.1 Å². The first-order valence-electron chi connectivity index (χ1n) is 8.65. The van der Waals surface area contributed by atoms with Gasteiger partial charge in [-0.25, -0.2) is 4.79 Å². The van der Waals surface area contributed by atoms with Crippen LogP contribution in [0.4, 0.5) is 0 Å². The van der Waals surface area contributed by atoms with Gasteiger partial charge in [0.05, 0.1) is 25.4 Å². The number of hydrogen-bond donors (Lipinski definition) is 0. The molecule has 0 N–H and O–H groups in total. The molecule has 0 aromatic heterocycles. The Kier molecular flexibility index (Phi) is 7.25. The summed E-state index contributed by atoms with van der Waals surface area (Å²) in [6, 6.07) is 15.2. The molecule has 1 aliphatic rings. The minimum atomic E-state index is -0.339. The highest BCUT2D eigenvalue weighted by Gasteiger charge is 2.21. The summed E-state index contributed by atoms with van der Waals surface area (Å²) in [4.78, 5) is 11.4. The topological polar surface area (TPSA) is 35.5 Å². The SMILES string of the molecule is CC.COC(=O)c1ccc(C#Cc2ccc(COC3CC3)cc2)cc1. The highest BCUT2D eigenvalue weighted by molar-refractivity contribution is 5.89. The van der Waals surface area contributed by atoms with Crippen molar-refractivity contribution in [2.24, 2.45) is 0 Å². The van der Waals surface area contributed by atoms with Crippen LogP contribution in [0.25, 0.3) is 0 Å². The van der Waals surface area contributed by atoms with Crippen LogP contribution in [0.2, 0.25) is 0 Å². The van der Waals surface area contributed by atoms with Gasteiger partial charge in [-0.15, -0.1) is 0 Å². The van der Waals surface area contributed by atoms with Gasteiger partial charge in [0.1, 0.15) is 0 Å². The maximum absolute atomic E-state index is 11.4. The Morgan fingerprint density at radius 1 is 0.960 bits per heavy atom. The van der Waals surface area contributed by atoms with Gasteiger partial charge in [-0.05, 0) is 54.8 Å².